The predicted molar refractivity (Wildman–Crippen MR) is 76.1 cm³/mol. The number of carbonyl (C=O) groups is 1. The van der Waals surface area contributed by atoms with Crippen molar-refractivity contribution in [2.75, 3.05) is 5.73 Å². The van der Waals surface area contributed by atoms with Gasteiger partial charge >= 0.3 is 0 Å². The zero-order chi connectivity index (χ0) is 12.6. The third kappa shape index (κ3) is 2.54. The van der Waals surface area contributed by atoms with Crippen LogP contribution in [-0.2, 0) is 0 Å². The minimum Gasteiger partial charge on any atom is -0.398 e. The van der Waals surface area contributed by atoms with E-state index >= 15 is 0 Å². The number of rotatable bonds is 2. The van der Waals surface area contributed by atoms with Crippen LogP contribution in [0.3, 0.4) is 0 Å². The van der Waals surface area contributed by atoms with E-state index in [9.17, 15) is 4.79 Å². The van der Waals surface area contributed by atoms with Crippen molar-refractivity contribution in [1.29, 1.82) is 0 Å². The summed E-state index contributed by atoms with van der Waals surface area (Å²) in [5, 5.41) is 0.530. The lowest BCUT2D eigenvalue weighted by Crippen LogP contribution is -2.03. The highest BCUT2D eigenvalue weighted by atomic mass is 79.9. The minimum absolute atomic E-state index is 0.0713. The Balaban J connectivity index is 2.43. The second kappa shape index (κ2) is 4.80. The SMILES string of the molecule is Cc1sc(C(=O)c2ccc(Cl)cc2N)cc1Br. The Labute approximate surface area is 117 Å². The molecule has 0 atom stereocenters. The summed E-state index contributed by atoms with van der Waals surface area (Å²) in [6.07, 6.45) is 0. The molecule has 0 unspecified atom stereocenters. The fraction of sp³-hybridized carbons (Fsp3) is 0.0833. The number of benzene rings is 1. The van der Waals surface area contributed by atoms with Crippen molar-refractivity contribution in [2.45, 2.75) is 6.92 Å². The van der Waals surface area contributed by atoms with Gasteiger partial charge in [-0.25, -0.2) is 0 Å². The molecule has 0 radical (unpaired) electrons. The summed E-state index contributed by atoms with van der Waals surface area (Å²) < 4.78 is 0.943. The van der Waals surface area contributed by atoms with Crippen LogP contribution in [0, 0.1) is 6.92 Å². The average Bonchev–Trinajstić information content (AvgIpc) is 2.58. The number of nitrogen functional groups attached to an aromatic ring is 1. The molecule has 2 rings (SSSR count). The summed E-state index contributed by atoms with van der Waals surface area (Å²) in [6, 6.07) is 6.73. The van der Waals surface area contributed by atoms with Crippen LogP contribution in [0.25, 0.3) is 0 Å². The monoisotopic (exact) mass is 329 g/mol. The lowest BCUT2D eigenvalue weighted by atomic mass is 10.1. The van der Waals surface area contributed by atoms with E-state index < -0.39 is 0 Å². The largest absolute Gasteiger partial charge is 0.398 e. The Hall–Kier alpha value is -0.840. The molecule has 2 aromatic rings. The summed E-state index contributed by atoms with van der Waals surface area (Å²) in [4.78, 5) is 14.0. The van der Waals surface area contributed by atoms with Crippen LogP contribution in [-0.4, -0.2) is 5.78 Å². The van der Waals surface area contributed by atoms with Crippen molar-refractivity contribution in [1.82, 2.24) is 0 Å². The third-order valence-electron chi connectivity index (χ3n) is 2.34. The molecule has 0 bridgehead atoms. The van der Waals surface area contributed by atoms with Crippen LogP contribution < -0.4 is 5.73 Å². The molecular weight excluding hydrogens is 322 g/mol. The van der Waals surface area contributed by atoms with Gasteiger partial charge in [-0.3, -0.25) is 4.79 Å². The maximum Gasteiger partial charge on any atom is 0.205 e. The molecule has 5 heteroatoms. The predicted octanol–water partition coefficient (Wildman–Crippen LogP) is 4.29. The zero-order valence-electron chi connectivity index (χ0n) is 8.96. The number of carbonyl (C=O) groups excluding carboxylic acids is 1. The highest BCUT2D eigenvalue weighted by Crippen LogP contribution is 2.29. The highest BCUT2D eigenvalue weighted by Gasteiger charge is 2.15. The van der Waals surface area contributed by atoms with Gasteiger partial charge in [-0.05, 0) is 47.1 Å². The van der Waals surface area contributed by atoms with Gasteiger partial charge in [0.15, 0.2) is 0 Å². The fourth-order valence-corrected chi connectivity index (χ4v) is 3.11. The summed E-state index contributed by atoms with van der Waals surface area (Å²) in [5.74, 6) is -0.0713. The van der Waals surface area contributed by atoms with Crippen molar-refractivity contribution in [2.24, 2.45) is 0 Å². The Kier molecular flexibility index (Phi) is 3.56. The van der Waals surface area contributed by atoms with Gasteiger partial charge in [-0.2, -0.15) is 0 Å². The Morgan fingerprint density at radius 2 is 2.12 bits per heavy atom. The summed E-state index contributed by atoms with van der Waals surface area (Å²) >= 11 is 10.6. The normalized spacial score (nSPS) is 10.5. The quantitative estimate of drug-likeness (QED) is 0.659. The number of anilines is 1. The van der Waals surface area contributed by atoms with Crippen molar-refractivity contribution in [3.05, 3.63) is 49.1 Å². The van der Waals surface area contributed by atoms with Crippen LogP contribution >= 0.6 is 38.9 Å². The molecule has 1 aromatic heterocycles. The van der Waals surface area contributed by atoms with Crippen LogP contribution in [0.5, 0.6) is 0 Å². The van der Waals surface area contributed by atoms with Gasteiger partial charge in [0.1, 0.15) is 0 Å². The average molecular weight is 331 g/mol. The van der Waals surface area contributed by atoms with Crippen molar-refractivity contribution < 1.29 is 4.79 Å². The first-order valence-corrected chi connectivity index (χ1v) is 6.83. The van der Waals surface area contributed by atoms with E-state index in [1.807, 2.05) is 13.0 Å². The second-order valence-electron chi connectivity index (χ2n) is 3.58. The first kappa shape index (κ1) is 12.6. The van der Waals surface area contributed by atoms with Crippen molar-refractivity contribution in [3.8, 4) is 0 Å². The van der Waals surface area contributed by atoms with Crippen LogP contribution in [0.2, 0.25) is 5.02 Å². The second-order valence-corrected chi connectivity index (χ2v) is 6.12. The van der Waals surface area contributed by atoms with Crippen LogP contribution in [0.1, 0.15) is 20.1 Å². The number of nitrogens with two attached hydrogens (primary N) is 1. The molecular formula is C12H9BrClNOS. The lowest BCUT2D eigenvalue weighted by Gasteiger charge is -2.03. The van der Waals surface area contributed by atoms with Crippen LogP contribution in [0.15, 0.2) is 28.7 Å². The Morgan fingerprint density at radius 1 is 1.41 bits per heavy atom. The van der Waals surface area contributed by atoms with Crippen molar-refractivity contribution in [3.63, 3.8) is 0 Å². The number of thiophene rings is 1. The number of halogens is 2. The molecule has 0 spiro atoms. The molecule has 0 fully saturated rings. The maximum absolute atomic E-state index is 12.2. The molecule has 0 saturated carbocycles. The van der Waals surface area contributed by atoms with Gasteiger partial charge in [-0.1, -0.05) is 11.6 Å². The van der Waals surface area contributed by atoms with Crippen molar-refractivity contribution >= 4 is 50.3 Å². The smallest absolute Gasteiger partial charge is 0.205 e. The Morgan fingerprint density at radius 3 is 2.65 bits per heavy atom. The summed E-state index contributed by atoms with van der Waals surface area (Å²) in [7, 11) is 0. The molecule has 1 heterocycles. The molecule has 0 aliphatic carbocycles. The van der Waals surface area contributed by atoms with E-state index in [-0.39, 0.29) is 5.78 Å². The number of aryl methyl sites for hydroxylation is 1. The van der Waals surface area contributed by atoms with Gasteiger partial charge in [0, 0.05) is 25.6 Å². The summed E-state index contributed by atoms with van der Waals surface area (Å²) in [6.45, 7) is 1.96. The van der Waals surface area contributed by atoms with E-state index in [4.69, 9.17) is 17.3 Å². The molecule has 1 aromatic carbocycles. The van der Waals surface area contributed by atoms with E-state index in [1.54, 1.807) is 18.2 Å². The third-order valence-corrected chi connectivity index (χ3v) is 4.71. The topological polar surface area (TPSA) is 43.1 Å². The van der Waals surface area contributed by atoms with Gasteiger partial charge in [-0.15, -0.1) is 11.3 Å². The fourth-order valence-electron chi connectivity index (χ4n) is 1.44. The highest BCUT2D eigenvalue weighted by molar-refractivity contribution is 9.10. The number of ketones is 1. The van der Waals surface area contributed by atoms with Crippen LogP contribution in [0.4, 0.5) is 5.69 Å². The van der Waals surface area contributed by atoms with E-state index in [0.29, 0.717) is 21.2 Å². The standard InChI is InChI=1S/C12H9BrClNOS/c1-6-9(13)5-11(17-6)12(16)8-3-2-7(14)4-10(8)15/h2-5H,15H2,1H3. The number of hydrogen-bond acceptors (Lipinski definition) is 3. The first-order chi connectivity index (χ1) is 7.99. The molecule has 0 amide bonds. The lowest BCUT2D eigenvalue weighted by molar-refractivity contribution is 0.104. The Bertz CT molecular complexity index is 575. The molecule has 17 heavy (non-hydrogen) atoms. The summed E-state index contributed by atoms with van der Waals surface area (Å²) in [5.41, 5.74) is 6.69. The zero-order valence-corrected chi connectivity index (χ0v) is 12.1. The van der Waals surface area contributed by atoms with Gasteiger partial charge in [0.25, 0.3) is 0 Å². The number of hydrogen-bond donors (Lipinski definition) is 1. The molecule has 0 aliphatic heterocycles. The van der Waals surface area contributed by atoms with E-state index in [0.717, 1.165) is 9.35 Å². The molecule has 88 valence electrons. The van der Waals surface area contributed by atoms with Gasteiger partial charge in [0.2, 0.25) is 5.78 Å². The molecule has 0 saturated heterocycles. The first-order valence-electron chi connectivity index (χ1n) is 4.84. The van der Waals surface area contributed by atoms with Gasteiger partial charge < -0.3 is 5.73 Å². The van der Waals surface area contributed by atoms with E-state index in [1.165, 1.54) is 11.3 Å². The van der Waals surface area contributed by atoms with E-state index in [2.05, 4.69) is 15.9 Å². The maximum atomic E-state index is 12.2. The molecule has 2 N–H and O–H groups in total. The van der Waals surface area contributed by atoms with Gasteiger partial charge in [0.05, 0.1) is 4.88 Å². The molecule has 2 nitrogen and oxygen atoms in total. The minimum atomic E-state index is -0.0713. The molecule has 0 aliphatic rings.